The molecule has 0 saturated carbocycles. The second-order valence-electron chi connectivity index (χ2n) is 14.0. The van der Waals surface area contributed by atoms with Crippen LogP contribution in [-0.2, 0) is 11.8 Å². The molecule has 0 fully saturated rings. The van der Waals surface area contributed by atoms with Gasteiger partial charge in [-0.3, -0.25) is 9.25 Å². The van der Waals surface area contributed by atoms with Crippen molar-refractivity contribution < 1.29 is 23.1 Å². The molecule has 0 aliphatic heterocycles. The Labute approximate surface area is 323 Å². The SMILES string of the molecule is CCOC(=O)c1sc(-n2cnc3cc(-c4cnn(C)c4)ccc32)cc1OC(C)c1c(F)ccc(O[Si](c2ccccc2)(c2ccccc2)C(C)(C)C)c1Cl. The maximum atomic E-state index is 15.9. The number of carbonyl (C=O) groups excluding carboxylic acids is 1. The van der Waals surface area contributed by atoms with E-state index < -0.39 is 26.2 Å². The van der Waals surface area contributed by atoms with Crippen molar-refractivity contribution in [2.45, 2.75) is 45.8 Å². The van der Waals surface area contributed by atoms with Gasteiger partial charge >= 0.3 is 14.3 Å². The van der Waals surface area contributed by atoms with Crippen LogP contribution in [0.25, 0.3) is 27.2 Å². The number of benzene rings is 4. The van der Waals surface area contributed by atoms with E-state index in [0.717, 1.165) is 32.5 Å². The van der Waals surface area contributed by atoms with Crippen molar-refractivity contribution in [2.75, 3.05) is 6.61 Å². The summed E-state index contributed by atoms with van der Waals surface area (Å²) in [6, 6.07) is 31.0. The number of hydrogen-bond acceptors (Lipinski definition) is 7. The highest BCUT2D eigenvalue weighted by Crippen LogP contribution is 2.44. The van der Waals surface area contributed by atoms with Crippen molar-refractivity contribution >= 4 is 58.6 Å². The molecule has 0 saturated heterocycles. The molecular weight excluding hydrogens is 739 g/mol. The standard InChI is InChI=1S/C42H40ClFN4O4SSi/c1-7-50-41(49)40-36(23-37(53-40)48-26-45-33-22-28(18-20-34(33)48)29-24-46-47(6)25-29)51-27(2)38-32(44)19-21-35(39(38)43)52-54(42(3,4)5,30-14-10-8-11-15-30)31-16-12-9-13-17-31/h8-27H,7H2,1-6H3. The third-order valence-electron chi connectivity index (χ3n) is 9.45. The number of halogens is 2. The molecule has 0 aliphatic rings. The molecule has 276 valence electrons. The predicted molar refractivity (Wildman–Crippen MR) is 216 cm³/mol. The van der Waals surface area contributed by atoms with Crippen molar-refractivity contribution in [3.63, 3.8) is 0 Å². The van der Waals surface area contributed by atoms with Gasteiger partial charge < -0.3 is 13.9 Å². The number of rotatable bonds is 11. The molecule has 7 aromatic rings. The first kappa shape index (κ1) is 37.1. The lowest BCUT2D eigenvalue weighted by Gasteiger charge is -2.43. The van der Waals surface area contributed by atoms with E-state index in [1.54, 1.807) is 43.2 Å². The summed E-state index contributed by atoms with van der Waals surface area (Å²) in [5, 5.41) is 6.82. The lowest BCUT2D eigenvalue weighted by Crippen LogP contribution is -2.68. The number of aryl methyl sites for hydroxylation is 1. The Morgan fingerprint density at radius 1 is 0.944 bits per heavy atom. The maximum Gasteiger partial charge on any atom is 0.352 e. The van der Waals surface area contributed by atoms with Crippen LogP contribution < -0.4 is 19.5 Å². The monoisotopic (exact) mass is 778 g/mol. The second-order valence-corrected chi connectivity index (χ2v) is 19.6. The smallest absolute Gasteiger partial charge is 0.352 e. The first-order valence-electron chi connectivity index (χ1n) is 17.6. The van der Waals surface area contributed by atoms with Crippen molar-refractivity contribution in [3.05, 3.63) is 137 Å². The van der Waals surface area contributed by atoms with E-state index >= 15 is 4.39 Å². The Morgan fingerprint density at radius 3 is 2.24 bits per heavy atom. The van der Waals surface area contributed by atoms with Gasteiger partial charge in [0.2, 0.25) is 0 Å². The number of esters is 1. The van der Waals surface area contributed by atoms with Gasteiger partial charge in [-0.2, -0.15) is 5.10 Å². The van der Waals surface area contributed by atoms with Crippen LogP contribution in [0.5, 0.6) is 11.5 Å². The number of hydrogen-bond donors (Lipinski definition) is 0. The molecule has 54 heavy (non-hydrogen) atoms. The quantitative estimate of drug-likeness (QED) is 0.0962. The van der Waals surface area contributed by atoms with Crippen LogP contribution in [0, 0.1) is 5.82 Å². The van der Waals surface area contributed by atoms with Gasteiger partial charge in [-0.15, -0.1) is 11.3 Å². The van der Waals surface area contributed by atoms with Crippen molar-refractivity contribution in [2.24, 2.45) is 7.05 Å². The van der Waals surface area contributed by atoms with Gasteiger partial charge in [0.15, 0.2) is 4.88 Å². The molecule has 3 aromatic heterocycles. The Balaban J connectivity index is 1.26. The third-order valence-corrected chi connectivity index (χ3v) is 15.9. The number of nitrogens with zero attached hydrogens (tertiary/aromatic N) is 4. The molecule has 0 amide bonds. The molecule has 12 heteroatoms. The first-order valence-corrected chi connectivity index (χ1v) is 20.7. The Kier molecular flexibility index (Phi) is 10.2. The van der Waals surface area contributed by atoms with E-state index in [-0.39, 0.29) is 32.9 Å². The fraction of sp³-hybridized carbons (Fsp3) is 0.214. The molecule has 0 aliphatic carbocycles. The largest absolute Gasteiger partial charge is 0.533 e. The molecule has 8 nitrogen and oxygen atoms in total. The fourth-order valence-corrected chi connectivity index (χ4v) is 12.7. The topological polar surface area (TPSA) is 80.4 Å². The summed E-state index contributed by atoms with van der Waals surface area (Å²) in [6.45, 7) is 10.1. The van der Waals surface area contributed by atoms with Gasteiger partial charge in [-0.05, 0) is 59.1 Å². The van der Waals surface area contributed by atoms with Crippen molar-refractivity contribution in [1.82, 2.24) is 19.3 Å². The lowest BCUT2D eigenvalue weighted by atomic mass is 10.1. The maximum absolute atomic E-state index is 15.9. The second kappa shape index (κ2) is 14.9. The zero-order chi connectivity index (χ0) is 38.2. The van der Waals surface area contributed by atoms with Gasteiger partial charge in [0.1, 0.15) is 34.7 Å². The lowest BCUT2D eigenvalue weighted by molar-refractivity contribution is 0.0525. The van der Waals surface area contributed by atoms with Crippen molar-refractivity contribution in [1.29, 1.82) is 0 Å². The third kappa shape index (κ3) is 6.83. The number of thiophene rings is 1. The van der Waals surface area contributed by atoms with Crippen LogP contribution in [0.2, 0.25) is 10.1 Å². The number of fused-ring (bicyclic) bond motifs is 1. The minimum absolute atomic E-state index is 0.105. The number of ether oxygens (including phenoxy) is 2. The van der Waals surface area contributed by atoms with E-state index in [9.17, 15) is 4.79 Å². The van der Waals surface area contributed by atoms with Gasteiger partial charge in [-0.1, -0.05) is 99.1 Å². The normalized spacial score (nSPS) is 12.5. The van der Waals surface area contributed by atoms with E-state index in [1.165, 1.54) is 17.4 Å². The highest BCUT2D eigenvalue weighted by Gasteiger charge is 2.52. The fourth-order valence-electron chi connectivity index (χ4n) is 6.91. The molecule has 0 N–H and O–H groups in total. The predicted octanol–water partition coefficient (Wildman–Crippen LogP) is 9.54. The zero-order valence-electron chi connectivity index (χ0n) is 30.8. The van der Waals surface area contributed by atoms with Crippen LogP contribution in [0.15, 0.2) is 116 Å². The summed E-state index contributed by atoms with van der Waals surface area (Å²) in [6.07, 6.45) is 4.53. The Bertz CT molecular complexity index is 2400. The van der Waals surface area contributed by atoms with Crippen LogP contribution in [0.3, 0.4) is 0 Å². The van der Waals surface area contributed by atoms with E-state index in [2.05, 4.69) is 55.1 Å². The van der Waals surface area contributed by atoms with Crippen LogP contribution in [-0.4, -0.2) is 40.2 Å². The highest BCUT2D eigenvalue weighted by molar-refractivity contribution is 7.16. The van der Waals surface area contributed by atoms with Gasteiger partial charge in [0, 0.05) is 24.9 Å². The molecule has 0 bridgehead atoms. The number of carbonyl (C=O) groups is 1. The van der Waals surface area contributed by atoms with Gasteiger partial charge in [0.05, 0.1) is 34.4 Å². The van der Waals surface area contributed by atoms with Crippen LogP contribution >= 0.6 is 22.9 Å². The van der Waals surface area contributed by atoms with E-state index in [0.29, 0.717) is 10.8 Å². The molecule has 1 unspecified atom stereocenters. The molecule has 3 heterocycles. The van der Waals surface area contributed by atoms with Crippen molar-refractivity contribution in [3.8, 4) is 27.6 Å². The number of aromatic nitrogens is 4. The van der Waals surface area contributed by atoms with E-state index in [4.69, 9.17) is 25.5 Å². The minimum Gasteiger partial charge on any atom is -0.533 e. The summed E-state index contributed by atoms with van der Waals surface area (Å²) in [4.78, 5) is 18.2. The molecule has 4 aromatic carbocycles. The summed E-state index contributed by atoms with van der Waals surface area (Å²) >= 11 is 8.34. The molecular formula is C42H40ClFN4O4SSi. The summed E-state index contributed by atoms with van der Waals surface area (Å²) in [5.41, 5.74) is 3.68. The highest BCUT2D eigenvalue weighted by atomic mass is 35.5. The van der Waals surface area contributed by atoms with Crippen LogP contribution in [0.4, 0.5) is 4.39 Å². The average Bonchev–Trinajstić information content (AvgIpc) is 3.90. The van der Waals surface area contributed by atoms with Gasteiger partial charge in [-0.25, -0.2) is 14.2 Å². The molecule has 0 radical (unpaired) electrons. The molecule has 7 rings (SSSR count). The summed E-state index contributed by atoms with van der Waals surface area (Å²) < 4.78 is 38.6. The zero-order valence-corrected chi connectivity index (χ0v) is 33.4. The summed E-state index contributed by atoms with van der Waals surface area (Å²) in [7, 11) is -1.22. The first-order chi connectivity index (χ1) is 25.9. The van der Waals surface area contributed by atoms with E-state index in [1.807, 2.05) is 72.4 Å². The Morgan fingerprint density at radius 2 is 1.63 bits per heavy atom. The molecule has 1 atom stereocenters. The average molecular weight is 779 g/mol. The molecule has 0 spiro atoms. The number of imidazole rings is 1. The minimum atomic E-state index is -3.10. The summed E-state index contributed by atoms with van der Waals surface area (Å²) in [5.74, 6) is -0.511. The Hall–Kier alpha value is -5.23. The van der Waals surface area contributed by atoms with Crippen LogP contribution in [0.1, 0.15) is 56.0 Å². The van der Waals surface area contributed by atoms with Gasteiger partial charge in [0.25, 0.3) is 0 Å².